The number of hydrogen-bond acceptors (Lipinski definition) is 2. The summed E-state index contributed by atoms with van der Waals surface area (Å²) in [4.78, 5) is 11.8. The number of carbonyl (C=O) groups is 1. The third kappa shape index (κ3) is 4.80. The average molecular weight is 298 g/mol. The molecule has 0 unspecified atom stereocenters. The second-order valence-electron chi connectivity index (χ2n) is 4.97. The zero-order chi connectivity index (χ0) is 15.2. The van der Waals surface area contributed by atoms with Crippen molar-refractivity contribution >= 4 is 23.8 Å². The first kappa shape index (κ1) is 15.4. The van der Waals surface area contributed by atoms with Gasteiger partial charge in [0.25, 0.3) is 0 Å². The lowest BCUT2D eigenvalue weighted by atomic mass is 10.1. The Morgan fingerprint density at radius 3 is 2.71 bits per heavy atom. The topological polar surface area (TPSA) is 37.3 Å². The monoisotopic (exact) mass is 298 g/mol. The maximum absolute atomic E-state index is 10.5. The Bertz CT molecular complexity index is 675. The van der Waals surface area contributed by atoms with E-state index in [4.69, 9.17) is 5.11 Å². The molecule has 0 saturated carbocycles. The van der Waals surface area contributed by atoms with Crippen molar-refractivity contribution in [3.63, 3.8) is 0 Å². The van der Waals surface area contributed by atoms with Gasteiger partial charge in [-0.15, -0.1) is 11.8 Å². The third-order valence-corrected chi connectivity index (χ3v) is 4.34. The lowest BCUT2D eigenvalue weighted by Gasteiger charge is -2.07. The summed E-state index contributed by atoms with van der Waals surface area (Å²) >= 11 is 1.80. The van der Waals surface area contributed by atoms with E-state index in [9.17, 15) is 4.79 Å². The number of carboxylic acids is 1. The predicted octanol–water partition coefficient (Wildman–Crippen LogP) is 4.69. The Balaban J connectivity index is 2.06. The van der Waals surface area contributed by atoms with E-state index < -0.39 is 5.97 Å². The quantitative estimate of drug-likeness (QED) is 0.642. The van der Waals surface area contributed by atoms with E-state index in [2.05, 4.69) is 38.1 Å². The van der Waals surface area contributed by atoms with Crippen molar-refractivity contribution < 1.29 is 9.90 Å². The van der Waals surface area contributed by atoms with Gasteiger partial charge in [-0.3, -0.25) is 0 Å². The van der Waals surface area contributed by atoms with Crippen molar-refractivity contribution in [3.05, 3.63) is 70.8 Å². The van der Waals surface area contributed by atoms with Crippen LogP contribution in [0.2, 0.25) is 0 Å². The molecule has 2 aromatic rings. The molecule has 2 aromatic carbocycles. The van der Waals surface area contributed by atoms with Gasteiger partial charge in [-0.05, 0) is 42.7 Å². The summed E-state index contributed by atoms with van der Waals surface area (Å²) < 4.78 is 0. The van der Waals surface area contributed by atoms with Gasteiger partial charge in [0.2, 0.25) is 0 Å². The molecule has 0 spiro atoms. The van der Waals surface area contributed by atoms with Gasteiger partial charge in [-0.25, -0.2) is 4.79 Å². The van der Waals surface area contributed by atoms with E-state index in [0.29, 0.717) is 0 Å². The molecular weight excluding hydrogens is 280 g/mol. The van der Waals surface area contributed by atoms with Gasteiger partial charge in [-0.1, -0.05) is 42.0 Å². The zero-order valence-electron chi connectivity index (χ0n) is 12.2. The van der Waals surface area contributed by atoms with E-state index in [0.717, 1.165) is 17.4 Å². The van der Waals surface area contributed by atoms with E-state index >= 15 is 0 Å². The summed E-state index contributed by atoms with van der Waals surface area (Å²) in [5.74, 6) is -0.0522. The van der Waals surface area contributed by atoms with Gasteiger partial charge >= 0.3 is 5.97 Å². The van der Waals surface area contributed by atoms with Crippen molar-refractivity contribution in [1.82, 2.24) is 0 Å². The molecule has 0 radical (unpaired) electrons. The Morgan fingerprint density at radius 1 is 1.19 bits per heavy atom. The fourth-order valence-electron chi connectivity index (χ4n) is 2.08. The Kier molecular flexibility index (Phi) is 5.23. The molecule has 0 bridgehead atoms. The molecule has 0 aliphatic rings. The second kappa shape index (κ2) is 7.14. The molecule has 0 aromatic heterocycles. The summed E-state index contributed by atoms with van der Waals surface area (Å²) in [6, 6.07) is 14.4. The van der Waals surface area contributed by atoms with Crippen LogP contribution in [0.1, 0.15) is 22.3 Å². The van der Waals surface area contributed by atoms with E-state index in [1.807, 2.05) is 18.2 Å². The van der Waals surface area contributed by atoms with Crippen LogP contribution in [0.3, 0.4) is 0 Å². The number of benzene rings is 2. The maximum atomic E-state index is 10.5. The van der Waals surface area contributed by atoms with Crippen molar-refractivity contribution in [3.8, 4) is 0 Å². The third-order valence-electron chi connectivity index (χ3n) is 3.09. The summed E-state index contributed by atoms with van der Waals surface area (Å²) in [5.41, 5.74) is 4.67. The van der Waals surface area contributed by atoms with Crippen LogP contribution >= 0.6 is 11.8 Å². The molecule has 3 heteroatoms. The minimum absolute atomic E-state index is 0.874. The number of aryl methyl sites for hydroxylation is 2. The van der Waals surface area contributed by atoms with Gasteiger partial charge in [0.1, 0.15) is 0 Å². The molecular formula is C18H18O2S. The minimum Gasteiger partial charge on any atom is -0.478 e. The number of thioether (sulfide) groups is 1. The average Bonchev–Trinajstić information content (AvgIpc) is 2.45. The van der Waals surface area contributed by atoms with Crippen LogP contribution in [-0.4, -0.2) is 11.1 Å². The normalized spacial score (nSPS) is 11.0. The van der Waals surface area contributed by atoms with Gasteiger partial charge in [0, 0.05) is 16.7 Å². The molecule has 0 fully saturated rings. The molecule has 108 valence electrons. The standard InChI is InChI=1S/C18H18O2S/c1-13-6-8-17(14(2)10-13)21-12-16-5-3-4-15(11-16)7-9-18(19)20/h3-11H,12H2,1-2H3,(H,19,20). The van der Waals surface area contributed by atoms with E-state index in [1.54, 1.807) is 17.8 Å². The summed E-state index contributed by atoms with van der Waals surface area (Å²) in [7, 11) is 0. The smallest absolute Gasteiger partial charge is 0.328 e. The number of aliphatic carboxylic acids is 1. The molecule has 0 amide bonds. The molecule has 0 aliphatic carbocycles. The van der Waals surface area contributed by atoms with Crippen molar-refractivity contribution in [2.45, 2.75) is 24.5 Å². The van der Waals surface area contributed by atoms with Gasteiger partial charge in [-0.2, -0.15) is 0 Å². The van der Waals surface area contributed by atoms with E-state index in [-0.39, 0.29) is 0 Å². The number of rotatable bonds is 5. The molecule has 2 nitrogen and oxygen atoms in total. The lowest BCUT2D eigenvalue weighted by Crippen LogP contribution is -1.87. The number of hydrogen-bond donors (Lipinski definition) is 1. The van der Waals surface area contributed by atoms with Crippen molar-refractivity contribution in [2.75, 3.05) is 0 Å². The van der Waals surface area contributed by atoms with Crippen molar-refractivity contribution in [2.24, 2.45) is 0 Å². The first-order chi connectivity index (χ1) is 10.0. The van der Waals surface area contributed by atoms with Crippen LogP contribution in [-0.2, 0) is 10.5 Å². The largest absolute Gasteiger partial charge is 0.478 e. The van der Waals surface area contributed by atoms with Crippen LogP contribution in [0.25, 0.3) is 6.08 Å². The Labute approximate surface area is 129 Å². The Morgan fingerprint density at radius 2 is 2.00 bits per heavy atom. The number of carboxylic acid groups (broad SMARTS) is 1. The first-order valence-corrected chi connectivity index (χ1v) is 7.73. The highest BCUT2D eigenvalue weighted by Gasteiger charge is 2.01. The van der Waals surface area contributed by atoms with Crippen LogP contribution in [0.15, 0.2) is 53.4 Å². The summed E-state index contributed by atoms with van der Waals surface area (Å²) in [6.45, 7) is 4.22. The fourth-order valence-corrected chi connectivity index (χ4v) is 3.03. The lowest BCUT2D eigenvalue weighted by molar-refractivity contribution is -0.131. The molecule has 0 aliphatic heterocycles. The van der Waals surface area contributed by atoms with Gasteiger partial charge in [0.15, 0.2) is 0 Å². The molecule has 21 heavy (non-hydrogen) atoms. The zero-order valence-corrected chi connectivity index (χ0v) is 13.0. The highest BCUT2D eigenvalue weighted by molar-refractivity contribution is 7.98. The predicted molar refractivity (Wildman–Crippen MR) is 88.6 cm³/mol. The highest BCUT2D eigenvalue weighted by atomic mass is 32.2. The summed E-state index contributed by atoms with van der Waals surface area (Å²) in [6.07, 6.45) is 2.78. The van der Waals surface area contributed by atoms with Gasteiger partial charge < -0.3 is 5.11 Å². The van der Waals surface area contributed by atoms with Crippen LogP contribution in [0, 0.1) is 13.8 Å². The molecule has 1 N–H and O–H groups in total. The SMILES string of the molecule is Cc1ccc(SCc2cccc(C=CC(=O)O)c2)c(C)c1. The summed E-state index contributed by atoms with van der Waals surface area (Å²) in [5, 5.41) is 8.66. The van der Waals surface area contributed by atoms with Crippen LogP contribution < -0.4 is 0 Å². The molecule has 2 rings (SSSR count). The van der Waals surface area contributed by atoms with Crippen LogP contribution in [0.4, 0.5) is 0 Å². The molecule has 0 heterocycles. The fraction of sp³-hybridized carbons (Fsp3) is 0.167. The van der Waals surface area contributed by atoms with Crippen LogP contribution in [0.5, 0.6) is 0 Å². The molecule has 0 saturated heterocycles. The highest BCUT2D eigenvalue weighted by Crippen LogP contribution is 2.27. The Hall–Kier alpha value is -2.00. The van der Waals surface area contributed by atoms with E-state index in [1.165, 1.54) is 21.6 Å². The second-order valence-corrected chi connectivity index (χ2v) is 5.99. The maximum Gasteiger partial charge on any atom is 0.328 e. The van der Waals surface area contributed by atoms with Crippen molar-refractivity contribution in [1.29, 1.82) is 0 Å². The molecule has 0 atom stereocenters. The minimum atomic E-state index is -0.926. The van der Waals surface area contributed by atoms with Gasteiger partial charge in [0.05, 0.1) is 0 Å². The first-order valence-electron chi connectivity index (χ1n) is 6.74.